The van der Waals surface area contributed by atoms with Crippen molar-refractivity contribution < 1.29 is 8.81 Å². The maximum Gasteiger partial charge on any atom is 0.145 e. The zero-order chi connectivity index (χ0) is 38.6. The zero-order valence-corrected chi connectivity index (χ0v) is 31.5. The summed E-state index contributed by atoms with van der Waals surface area (Å²) >= 11 is 0. The number of para-hydroxylation sites is 1. The van der Waals surface area contributed by atoms with Gasteiger partial charge in [-0.3, -0.25) is 0 Å². The van der Waals surface area contributed by atoms with Crippen molar-refractivity contribution in [2.75, 3.05) is 4.90 Å². The number of furan rings is 1. The first-order valence-corrected chi connectivity index (χ1v) is 19.7. The molecule has 11 rings (SSSR count). The third kappa shape index (κ3) is 5.17. The Bertz CT molecular complexity index is 3060. The Morgan fingerprint density at radius 2 is 1.02 bits per heavy atom. The van der Waals surface area contributed by atoms with Gasteiger partial charge in [-0.1, -0.05) is 170 Å². The number of hydrogen-bond acceptors (Lipinski definition) is 2. The first kappa shape index (κ1) is 33.8. The van der Waals surface area contributed by atoms with E-state index in [9.17, 15) is 4.39 Å². The van der Waals surface area contributed by atoms with Gasteiger partial charge in [0.2, 0.25) is 0 Å². The van der Waals surface area contributed by atoms with Crippen molar-refractivity contribution in [3.8, 4) is 33.4 Å². The van der Waals surface area contributed by atoms with Crippen LogP contribution >= 0.6 is 0 Å². The average Bonchev–Trinajstić information content (AvgIpc) is 3.83. The Morgan fingerprint density at radius 3 is 1.71 bits per heavy atom. The fraction of sp³-hybridized carbons (Fsp3) is 0.0182. The average molecular weight is 746 g/mol. The van der Waals surface area contributed by atoms with Gasteiger partial charge in [0.05, 0.1) is 22.2 Å². The van der Waals surface area contributed by atoms with E-state index in [1.807, 2.05) is 30.3 Å². The second-order valence-electron chi connectivity index (χ2n) is 14.9. The summed E-state index contributed by atoms with van der Waals surface area (Å²) in [5.74, 6) is -0.290. The van der Waals surface area contributed by atoms with Crippen LogP contribution < -0.4 is 4.90 Å². The van der Waals surface area contributed by atoms with Crippen molar-refractivity contribution >= 4 is 39.0 Å². The molecule has 0 saturated heterocycles. The van der Waals surface area contributed by atoms with E-state index in [4.69, 9.17) is 4.42 Å². The lowest BCUT2D eigenvalue weighted by Gasteiger charge is -2.35. The molecule has 1 aliphatic rings. The Hall–Kier alpha value is -7.49. The van der Waals surface area contributed by atoms with Crippen molar-refractivity contribution in [3.63, 3.8) is 0 Å². The highest BCUT2D eigenvalue weighted by Crippen LogP contribution is 2.61. The molecule has 0 atom stereocenters. The molecular formula is C55H36FNO. The quantitative estimate of drug-likeness (QED) is 0.162. The summed E-state index contributed by atoms with van der Waals surface area (Å²) < 4.78 is 22.0. The van der Waals surface area contributed by atoms with Crippen LogP contribution in [0.1, 0.15) is 22.3 Å². The van der Waals surface area contributed by atoms with Gasteiger partial charge in [0.25, 0.3) is 0 Å². The lowest BCUT2D eigenvalue weighted by molar-refractivity contribution is 0.628. The fourth-order valence-electron chi connectivity index (χ4n) is 9.35. The molecule has 1 heterocycles. The predicted molar refractivity (Wildman–Crippen MR) is 237 cm³/mol. The summed E-state index contributed by atoms with van der Waals surface area (Å²) in [6.07, 6.45) is 0. The van der Waals surface area contributed by atoms with Crippen LogP contribution in [-0.2, 0) is 5.41 Å². The number of anilines is 3. The van der Waals surface area contributed by atoms with Crippen LogP contribution in [0.25, 0.3) is 55.3 Å². The molecule has 0 bridgehead atoms. The summed E-state index contributed by atoms with van der Waals surface area (Å²) in [5, 5.41) is 2.01. The van der Waals surface area contributed by atoms with Crippen molar-refractivity contribution in [1.29, 1.82) is 0 Å². The van der Waals surface area contributed by atoms with Gasteiger partial charge in [0, 0.05) is 22.2 Å². The first-order valence-electron chi connectivity index (χ1n) is 19.7. The smallest absolute Gasteiger partial charge is 0.145 e. The minimum absolute atomic E-state index is 0.290. The molecule has 10 aromatic rings. The molecule has 0 amide bonds. The van der Waals surface area contributed by atoms with Gasteiger partial charge in [-0.15, -0.1) is 0 Å². The highest BCUT2D eigenvalue weighted by atomic mass is 19.1. The van der Waals surface area contributed by atoms with Gasteiger partial charge < -0.3 is 9.32 Å². The molecule has 0 aliphatic heterocycles. The number of nitrogens with zero attached hydrogens (tertiary/aromatic N) is 1. The normalized spacial score (nSPS) is 12.7. The predicted octanol–water partition coefficient (Wildman–Crippen LogP) is 14.9. The van der Waals surface area contributed by atoms with Crippen LogP contribution in [0.2, 0.25) is 0 Å². The second kappa shape index (κ2) is 13.6. The topological polar surface area (TPSA) is 16.4 Å². The standard InChI is InChI=1S/C55H36FNO/c56-42-30-32-43(33-31-42)57(49-34-29-39(37-17-5-1-6-18-37)35-46(49)38-19-7-2-8-20-38)50-36-48-52(54-53(50)45-26-14-16-28-51(45)58-54)44-25-13-15-27-47(44)55(48,40-21-9-3-10-22-40)41-23-11-4-12-24-41/h1-36H. The molecule has 0 fully saturated rings. The number of fused-ring (bicyclic) bond motifs is 7. The lowest BCUT2D eigenvalue weighted by atomic mass is 9.67. The van der Waals surface area contributed by atoms with Crippen molar-refractivity contribution in [1.82, 2.24) is 0 Å². The summed E-state index contributed by atoms with van der Waals surface area (Å²) in [6.45, 7) is 0. The molecule has 0 unspecified atom stereocenters. The van der Waals surface area contributed by atoms with E-state index >= 15 is 0 Å². The SMILES string of the molecule is Fc1ccc(N(c2ccc(-c3ccccc3)cc2-c2ccccc2)c2cc3c(c4oc5ccccc5c24)-c2ccccc2C3(c2ccccc2)c2ccccc2)cc1. The monoisotopic (exact) mass is 745 g/mol. The Kier molecular flexibility index (Phi) is 7.94. The van der Waals surface area contributed by atoms with E-state index in [0.29, 0.717) is 0 Å². The molecule has 0 radical (unpaired) electrons. The van der Waals surface area contributed by atoms with E-state index in [2.05, 4.69) is 181 Å². The zero-order valence-electron chi connectivity index (χ0n) is 31.5. The molecule has 58 heavy (non-hydrogen) atoms. The molecule has 0 spiro atoms. The minimum atomic E-state index is -0.676. The summed E-state index contributed by atoms with van der Waals surface area (Å²) in [7, 11) is 0. The van der Waals surface area contributed by atoms with Crippen LogP contribution in [0, 0.1) is 5.82 Å². The van der Waals surface area contributed by atoms with Gasteiger partial charge in [0.1, 0.15) is 17.0 Å². The van der Waals surface area contributed by atoms with Crippen LogP contribution in [-0.4, -0.2) is 0 Å². The lowest BCUT2D eigenvalue weighted by Crippen LogP contribution is -2.28. The van der Waals surface area contributed by atoms with E-state index in [-0.39, 0.29) is 5.82 Å². The maximum atomic E-state index is 14.9. The van der Waals surface area contributed by atoms with E-state index < -0.39 is 5.41 Å². The second-order valence-corrected chi connectivity index (χ2v) is 14.9. The van der Waals surface area contributed by atoms with E-state index in [0.717, 1.165) is 77.9 Å². The number of benzene rings is 9. The molecular weight excluding hydrogens is 710 g/mol. The van der Waals surface area contributed by atoms with Gasteiger partial charge in [-0.2, -0.15) is 0 Å². The molecule has 1 aliphatic carbocycles. The highest BCUT2D eigenvalue weighted by molar-refractivity contribution is 6.19. The van der Waals surface area contributed by atoms with Gasteiger partial charge in [-0.25, -0.2) is 4.39 Å². The van der Waals surface area contributed by atoms with E-state index in [1.165, 1.54) is 16.7 Å². The Labute approximate surface area is 336 Å². The molecule has 1 aromatic heterocycles. The number of halogens is 1. The van der Waals surface area contributed by atoms with Crippen LogP contribution in [0.15, 0.2) is 223 Å². The van der Waals surface area contributed by atoms with Gasteiger partial charge in [0.15, 0.2) is 0 Å². The first-order chi connectivity index (χ1) is 28.7. The summed E-state index contributed by atoms with van der Waals surface area (Å²) in [5.41, 5.74) is 14.9. The molecule has 0 saturated carbocycles. The largest absolute Gasteiger partial charge is 0.455 e. The number of rotatable bonds is 7. The van der Waals surface area contributed by atoms with Crippen molar-refractivity contribution in [3.05, 3.63) is 246 Å². The molecule has 0 N–H and O–H groups in total. The van der Waals surface area contributed by atoms with Crippen molar-refractivity contribution in [2.45, 2.75) is 5.41 Å². The number of hydrogen-bond donors (Lipinski definition) is 0. The van der Waals surface area contributed by atoms with Crippen LogP contribution in [0.5, 0.6) is 0 Å². The maximum absolute atomic E-state index is 14.9. The molecule has 274 valence electrons. The molecule has 3 heteroatoms. The Morgan fingerprint density at radius 1 is 0.431 bits per heavy atom. The van der Waals surface area contributed by atoms with Crippen LogP contribution in [0.4, 0.5) is 21.5 Å². The third-order valence-corrected chi connectivity index (χ3v) is 11.8. The minimum Gasteiger partial charge on any atom is -0.455 e. The fourth-order valence-corrected chi connectivity index (χ4v) is 9.35. The van der Waals surface area contributed by atoms with E-state index in [1.54, 1.807) is 12.1 Å². The molecule has 2 nitrogen and oxygen atoms in total. The van der Waals surface area contributed by atoms with Gasteiger partial charge in [-0.05, 0) is 93.0 Å². The van der Waals surface area contributed by atoms with Crippen molar-refractivity contribution in [2.24, 2.45) is 0 Å². The highest BCUT2D eigenvalue weighted by Gasteiger charge is 2.48. The Balaban J connectivity index is 1.31. The summed E-state index contributed by atoms with van der Waals surface area (Å²) in [6, 6.07) is 75.7. The van der Waals surface area contributed by atoms with Gasteiger partial charge >= 0.3 is 0 Å². The summed E-state index contributed by atoms with van der Waals surface area (Å²) in [4.78, 5) is 2.31. The molecule has 9 aromatic carbocycles. The third-order valence-electron chi connectivity index (χ3n) is 11.8. The van der Waals surface area contributed by atoms with Crippen LogP contribution in [0.3, 0.4) is 0 Å².